The smallest absolute Gasteiger partial charge is 0.410 e. The number of carbonyl (C=O) groups excluding carboxylic acids is 1. The van der Waals surface area contributed by atoms with E-state index in [0.717, 1.165) is 13.1 Å². The highest BCUT2D eigenvalue weighted by Gasteiger charge is 2.20. The van der Waals surface area contributed by atoms with Gasteiger partial charge in [-0.15, -0.1) is 0 Å². The van der Waals surface area contributed by atoms with Gasteiger partial charge in [-0.1, -0.05) is 19.8 Å². The summed E-state index contributed by atoms with van der Waals surface area (Å²) in [6.07, 6.45) is 4.64. The standard InChI is InChI=1S/C17H34N4O2/c1-14(13-20(5)16(22)23-17(2,3)4)12-19-15(18)21-10-8-6-7-9-11-21/h14H,6-13H2,1-5H3,(H2,18,19). The van der Waals surface area contributed by atoms with Crippen LogP contribution in [0.15, 0.2) is 4.99 Å². The molecule has 1 rings (SSSR count). The lowest BCUT2D eigenvalue weighted by atomic mass is 10.2. The number of nitrogens with two attached hydrogens (primary N) is 1. The van der Waals surface area contributed by atoms with Crippen LogP contribution in [-0.2, 0) is 4.74 Å². The van der Waals surface area contributed by atoms with Gasteiger partial charge in [0.05, 0.1) is 0 Å². The molecule has 134 valence electrons. The molecular weight excluding hydrogens is 292 g/mol. The number of rotatable bonds is 4. The van der Waals surface area contributed by atoms with E-state index in [1.165, 1.54) is 25.7 Å². The van der Waals surface area contributed by atoms with E-state index in [9.17, 15) is 4.79 Å². The summed E-state index contributed by atoms with van der Waals surface area (Å²) in [7, 11) is 1.76. The fraction of sp³-hybridized carbons (Fsp3) is 0.882. The molecule has 0 aromatic heterocycles. The molecule has 0 radical (unpaired) electrons. The second kappa shape index (κ2) is 8.99. The number of hydrogen-bond donors (Lipinski definition) is 1. The van der Waals surface area contributed by atoms with Crippen molar-refractivity contribution in [2.75, 3.05) is 33.2 Å². The third-order valence-electron chi connectivity index (χ3n) is 3.79. The maximum atomic E-state index is 12.0. The zero-order valence-electron chi connectivity index (χ0n) is 15.5. The largest absolute Gasteiger partial charge is 0.444 e. The molecule has 1 aliphatic heterocycles. The summed E-state index contributed by atoms with van der Waals surface area (Å²) < 4.78 is 5.35. The van der Waals surface area contributed by atoms with Gasteiger partial charge in [0, 0.05) is 33.2 Å². The zero-order valence-corrected chi connectivity index (χ0v) is 15.5. The van der Waals surface area contributed by atoms with Crippen molar-refractivity contribution in [1.82, 2.24) is 9.80 Å². The molecule has 1 saturated heterocycles. The van der Waals surface area contributed by atoms with Crippen LogP contribution in [0.25, 0.3) is 0 Å². The second-order valence-corrected chi connectivity index (χ2v) is 7.57. The Balaban J connectivity index is 2.41. The molecule has 6 heteroatoms. The summed E-state index contributed by atoms with van der Waals surface area (Å²) >= 11 is 0. The third kappa shape index (κ3) is 8.09. The number of nitrogens with zero attached hydrogens (tertiary/aromatic N) is 3. The third-order valence-corrected chi connectivity index (χ3v) is 3.79. The van der Waals surface area contributed by atoms with Crippen molar-refractivity contribution in [3.8, 4) is 0 Å². The predicted molar refractivity (Wildman–Crippen MR) is 94.6 cm³/mol. The van der Waals surface area contributed by atoms with Crippen LogP contribution >= 0.6 is 0 Å². The summed E-state index contributed by atoms with van der Waals surface area (Å²) in [6.45, 7) is 10.9. The van der Waals surface area contributed by atoms with Gasteiger partial charge < -0.3 is 20.3 Å². The van der Waals surface area contributed by atoms with Crippen LogP contribution in [0.1, 0.15) is 53.4 Å². The number of carbonyl (C=O) groups is 1. The van der Waals surface area contributed by atoms with Crippen molar-refractivity contribution in [3.05, 3.63) is 0 Å². The Labute approximate surface area is 141 Å². The van der Waals surface area contributed by atoms with Crippen LogP contribution in [-0.4, -0.2) is 60.7 Å². The molecular formula is C17H34N4O2. The summed E-state index contributed by atoms with van der Waals surface area (Å²) in [6, 6.07) is 0. The first kappa shape index (κ1) is 19.6. The van der Waals surface area contributed by atoms with Crippen LogP contribution in [0.4, 0.5) is 4.79 Å². The Bertz CT molecular complexity index is 396. The van der Waals surface area contributed by atoms with Crippen molar-refractivity contribution in [3.63, 3.8) is 0 Å². The van der Waals surface area contributed by atoms with E-state index in [1.54, 1.807) is 11.9 Å². The lowest BCUT2D eigenvalue weighted by Crippen LogP contribution is -2.39. The first-order chi connectivity index (χ1) is 10.7. The van der Waals surface area contributed by atoms with E-state index in [2.05, 4.69) is 16.8 Å². The number of amides is 1. The number of aliphatic imine (C=N–C) groups is 1. The van der Waals surface area contributed by atoms with Gasteiger partial charge in [-0.25, -0.2) is 4.79 Å². The Morgan fingerprint density at radius 2 is 1.83 bits per heavy atom. The molecule has 23 heavy (non-hydrogen) atoms. The quantitative estimate of drug-likeness (QED) is 0.637. The van der Waals surface area contributed by atoms with E-state index in [1.807, 2.05) is 20.8 Å². The minimum Gasteiger partial charge on any atom is -0.444 e. The Morgan fingerprint density at radius 1 is 1.26 bits per heavy atom. The SMILES string of the molecule is CC(CN=C(N)N1CCCCCC1)CN(C)C(=O)OC(C)(C)C. The molecule has 1 atom stereocenters. The zero-order chi connectivity index (χ0) is 17.5. The van der Waals surface area contributed by atoms with Crippen molar-refractivity contribution >= 4 is 12.1 Å². The van der Waals surface area contributed by atoms with Gasteiger partial charge in [0.15, 0.2) is 5.96 Å². The van der Waals surface area contributed by atoms with Crippen molar-refractivity contribution in [2.24, 2.45) is 16.6 Å². The van der Waals surface area contributed by atoms with Crippen LogP contribution < -0.4 is 5.73 Å². The highest BCUT2D eigenvalue weighted by atomic mass is 16.6. The monoisotopic (exact) mass is 326 g/mol. The summed E-state index contributed by atoms with van der Waals surface area (Å²) in [5.41, 5.74) is 5.64. The minimum absolute atomic E-state index is 0.234. The molecule has 1 unspecified atom stereocenters. The lowest BCUT2D eigenvalue weighted by molar-refractivity contribution is 0.0279. The Kier molecular flexibility index (Phi) is 7.65. The number of hydrogen-bond acceptors (Lipinski definition) is 3. The maximum Gasteiger partial charge on any atom is 0.410 e. The van der Waals surface area contributed by atoms with Gasteiger partial charge in [-0.05, 0) is 39.5 Å². The van der Waals surface area contributed by atoms with E-state index in [4.69, 9.17) is 10.5 Å². The van der Waals surface area contributed by atoms with Crippen LogP contribution in [0.5, 0.6) is 0 Å². The summed E-state index contributed by atoms with van der Waals surface area (Å²) in [5, 5.41) is 0. The molecule has 0 aromatic rings. The molecule has 0 bridgehead atoms. The maximum absolute atomic E-state index is 12.0. The second-order valence-electron chi connectivity index (χ2n) is 7.57. The fourth-order valence-corrected chi connectivity index (χ4v) is 2.59. The highest BCUT2D eigenvalue weighted by molar-refractivity contribution is 5.78. The fourth-order valence-electron chi connectivity index (χ4n) is 2.59. The van der Waals surface area contributed by atoms with E-state index in [0.29, 0.717) is 19.0 Å². The molecule has 1 amide bonds. The van der Waals surface area contributed by atoms with E-state index < -0.39 is 5.60 Å². The minimum atomic E-state index is -0.468. The first-order valence-electron chi connectivity index (χ1n) is 8.68. The Hall–Kier alpha value is -1.46. The topological polar surface area (TPSA) is 71.2 Å². The lowest BCUT2D eigenvalue weighted by Gasteiger charge is -2.26. The van der Waals surface area contributed by atoms with Crippen LogP contribution in [0.3, 0.4) is 0 Å². The molecule has 1 aliphatic rings. The van der Waals surface area contributed by atoms with Gasteiger partial charge in [-0.3, -0.25) is 4.99 Å². The van der Waals surface area contributed by atoms with E-state index >= 15 is 0 Å². The van der Waals surface area contributed by atoms with Gasteiger partial charge in [0.1, 0.15) is 5.60 Å². The number of likely N-dealkylation sites (tertiary alicyclic amines) is 1. The van der Waals surface area contributed by atoms with Crippen LogP contribution in [0.2, 0.25) is 0 Å². The van der Waals surface area contributed by atoms with E-state index in [-0.39, 0.29) is 12.0 Å². The summed E-state index contributed by atoms with van der Waals surface area (Å²) in [4.78, 5) is 20.3. The molecule has 0 saturated carbocycles. The Morgan fingerprint density at radius 3 is 2.35 bits per heavy atom. The van der Waals surface area contributed by atoms with Crippen molar-refractivity contribution < 1.29 is 9.53 Å². The molecule has 2 N–H and O–H groups in total. The van der Waals surface area contributed by atoms with Crippen molar-refractivity contribution in [1.29, 1.82) is 0 Å². The van der Waals surface area contributed by atoms with Gasteiger partial charge in [0.25, 0.3) is 0 Å². The summed E-state index contributed by atoms with van der Waals surface area (Å²) in [5.74, 6) is 0.872. The average molecular weight is 326 g/mol. The molecule has 1 fully saturated rings. The average Bonchev–Trinajstić information content (AvgIpc) is 2.71. The van der Waals surface area contributed by atoms with Gasteiger partial charge in [0.2, 0.25) is 0 Å². The molecule has 1 heterocycles. The molecule has 0 spiro atoms. The highest BCUT2D eigenvalue weighted by Crippen LogP contribution is 2.11. The first-order valence-corrected chi connectivity index (χ1v) is 8.68. The molecule has 6 nitrogen and oxygen atoms in total. The number of ether oxygens (including phenoxy) is 1. The van der Waals surface area contributed by atoms with Crippen molar-refractivity contribution in [2.45, 2.75) is 59.0 Å². The predicted octanol–water partition coefficient (Wildman–Crippen LogP) is 2.68. The molecule has 0 aromatic carbocycles. The number of guanidine groups is 1. The van der Waals surface area contributed by atoms with Crippen LogP contribution in [0, 0.1) is 5.92 Å². The normalized spacial score (nSPS) is 18.3. The molecule has 0 aliphatic carbocycles. The van der Waals surface area contributed by atoms with Gasteiger partial charge in [-0.2, -0.15) is 0 Å². The van der Waals surface area contributed by atoms with Gasteiger partial charge >= 0.3 is 6.09 Å².